The first-order valence-corrected chi connectivity index (χ1v) is 6.59. The van der Waals surface area contributed by atoms with E-state index in [1.165, 1.54) is 38.5 Å². The van der Waals surface area contributed by atoms with Crippen molar-refractivity contribution in [2.75, 3.05) is 6.54 Å². The first-order valence-electron chi connectivity index (χ1n) is 6.59. The van der Waals surface area contributed by atoms with Gasteiger partial charge in [-0.15, -0.1) is 0 Å². The molecule has 0 saturated heterocycles. The molecule has 2 rings (SSSR count). The van der Waals surface area contributed by atoms with E-state index in [4.69, 9.17) is 5.73 Å². The molecule has 15 heavy (non-hydrogen) atoms. The van der Waals surface area contributed by atoms with Crippen LogP contribution in [0.1, 0.15) is 52.4 Å². The van der Waals surface area contributed by atoms with E-state index in [2.05, 4.69) is 19.2 Å². The van der Waals surface area contributed by atoms with Crippen LogP contribution in [0.5, 0.6) is 0 Å². The molecule has 0 radical (unpaired) electrons. The van der Waals surface area contributed by atoms with Crippen LogP contribution < -0.4 is 11.1 Å². The number of hydrogen-bond donors (Lipinski definition) is 2. The Kier molecular flexibility index (Phi) is 3.36. The summed E-state index contributed by atoms with van der Waals surface area (Å²) in [5.41, 5.74) is 6.38. The van der Waals surface area contributed by atoms with Crippen molar-refractivity contribution in [1.82, 2.24) is 5.32 Å². The van der Waals surface area contributed by atoms with Gasteiger partial charge in [-0.3, -0.25) is 0 Å². The molecular weight excluding hydrogens is 184 g/mol. The lowest BCUT2D eigenvalue weighted by atomic mass is 9.66. The quantitative estimate of drug-likeness (QED) is 0.750. The molecule has 0 aliphatic heterocycles. The fourth-order valence-electron chi connectivity index (χ4n) is 3.14. The van der Waals surface area contributed by atoms with Crippen LogP contribution in [0.3, 0.4) is 0 Å². The molecule has 0 aromatic heterocycles. The highest BCUT2D eigenvalue weighted by Gasteiger charge is 2.40. The van der Waals surface area contributed by atoms with Crippen LogP contribution in [0.4, 0.5) is 0 Å². The fraction of sp³-hybridized carbons (Fsp3) is 1.00. The second-order valence-electron chi connectivity index (χ2n) is 6.13. The van der Waals surface area contributed by atoms with E-state index in [-0.39, 0.29) is 0 Å². The maximum Gasteiger partial charge on any atom is 0.0121 e. The zero-order chi connectivity index (χ0) is 10.9. The highest BCUT2D eigenvalue weighted by molar-refractivity contribution is 4.97. The molecule has 0 aromatic rings. The second-order valence-corrected chi connectivity index (χ2v) is 6.13. The average Bonchev–Trinajstić information content (AvgIpc) is 2.25. The SMILES string of the molecule is CC1(C)CCC1NC1CCCCC1CN. The minimum atomic E-state index is 0.524. The Bertz CT molecular complexity index is 213. The molecule has 2 aliphatic carbocycles. The van der Waals surface area contributed by atoms with Crippen LogP contribution in [-0.2, 0) is 0 Å². The lowest BCUT2D eigenvalue weighted by Crippen LogP contribution is -2.56. The Labute approximate surface area is 94.0 Å². The van der Waals surface area contributed by atoms with Gasteiger partial charge in [0, 0.05) is 12.1 Å². The summed E-state index contributed by atoms with van der Waals surface area (Å²) in [6, 6.07) is 1.45. The molecular formula is C13H26N2. The monoisotopic (exact) mass is 210 g/mol. The molecule has 3 atom stereocenters. The molecule has 2 saturated carbocycles. The van der Waals surface area contributed by atoms with Gasteiger partial charge in [0.25, 0.3) is 0 Å². The first kappa shape index (κ1) is 11.4. The summed E-state index contributed by atoms with van der Waals surface area (Å²) in [5, 5.41) is 3.87. The van der Waals surface area contributed by atoms with Crippen molar-refractivity contribution in [1.29, 1.82) is 0 Å². The van der Waals surface area contributed by atoms with Gasteiger partial charge in [0.15, 0.2) is 0 Å². The van der Waals surface area contributed by atoms with Crippen molar-refractivity contribution in [3.05, 3.63) is 0 Å². The van der Waals surface area contributed by atoms with Gasteiger partial charge in [-0.1, -0.05) is 26.7 Å². The van der Waals surface area contributed by atoms with Crippen molar-refractivity contribution < 1.29 is 0 Å². The number of hydrogen-bond acceptors (Lipinski definition) is 2. The van der Waals surface area contributed by atoms with E-state index in [9.17, 15) is 0 Å². The van der Waals surface area contributed by atoms with E-state index < -0.39 is 0 Å². The molecule has 0 heterocycles. The molecule has 3 unspecified atom stereocenters. The van der Waals surface area contributed by atoms with Crippen LogP contribution in [0.2, 0.25) is 0 Å². The van der Waals surface area contributed by atoms with Crippen LogP contribution in [0, 0.1) is 11.3 Å². The topological polar surface area (TPSA) is 38.0 Å². The summed E-state index contributed by atoms with van der Waals surface area (Å²) in [4.78, 5) is 0. The van der Waals surface area contributed by atoms with Gasteiger partial charge in [0.05, 0.1) is 0 Å². The molecule has 88 valence electrons. The average molecular weight is 210 g/mol. The predicted molar refractivity (Wildman–Crippen MR) is 64.7 cm³/mol. The minimum absolute atomic E-state index is 0.524. The molecule has 0 bridgehead atoms. The van der Waals surface area contributed by atoms with Crippen LogP contribution in [0.25, 0.3) is 0 Å². The molecule has 0 spiro atoms. The van der Waals surface area contributed by atoms with Crippen LogP contribution in [-0.4, -0.2) is 18.6 Å². The molecule has 2 fully saturated rings. The number of nitrogens with one attached hydrogen (secondary N) is 1. The zero-order valence-electron chi connectivity index (χ0n) is 10.3. The second kappa shape index (κ2) is 4.42. The van der Waals surface area contributed by atoms with Gasteiger partial charge in [0.1, 0.15) is 0 Å². The Balaban J connectivity index is 1.87. The smallest absolute Gasteiger partial charge is 0.0121 e. The standard InChI is InChI=1S/C13H26N2/c1-13(2)8-7-12(13)15-11-6-4-3-5-10(11)9-14/h10-12,15H,3-9,14H2,1-2H3. The predicted octanol–water partition coefficient (Wildman–Crippen LogP) is 2.28. The summed E-state index contributed by atoms with van der Waals surface area (Å²) in [6.07, 6.45) is 8.19. The van der Waals surface area contributed by atoms with Gasteiger partial charge < -0.3 is 11.1 Å². The Hall–Kier alpha value is -0.0800. The van der Waals surface area contributed by atoms with Gasteiger partial charge in [-0.05, 0) is 43.6 Å². The molecule has 2 nitrogen and oxygen atoms in total. The van der Waals surface area contributed by atoms with Gasteiger partial charge in [-0.25, -0.2) is 0 Å². The van der Waals surface area contributed by atoms with Gasteiger partial charge in [0.2, 0.25) is 0 Å². The third-order valence-corrected chi connectivity index (χ3v) is 4.65. The maximum absolute atomic E-state index is 5.86. The van der Waals surface area contributed by atoms with E-state index in [1.807, 2.05) is 0 Å². The summed E-state index contributed by atoms with van der Waals surface area (Å²) in [5.74, 6) is 0.732. The largest absolute Gasteiger partial charge is 0.330 e. The van der Waals surface area contributed by atoms with E-state index in [0.717, 1.165) is 18.5 Å². The summed E-state index contributed by atoms with van der Waals surface area (Å²) in [7, 11) is 0. The Morgan fingerprint density at radius 3 is 2.47 bits per heavy atom. The molecule has 0 amide bonds. The molecule has 0 aromatic carbocycles. The van der Waals surface area contributed by atoms with Crippen LogP contribution in [0.15, 0.2) is 0 Å². The maximum atomic E-state index is 5.86. The summed E-state index contributed by atoms with van der Waals surface area (Å²) < 4.78 is 0. The van der Waals surface area contributed by atoms with Crippen molar-refractivity contribution in [2.45, 2.75) is 64.5 Å². The van der Waals surface area contributed by atoms with E-state index in [0.29, 0.717) is 11.5 Å². The third kappa shape index (κ3) is 2.36. The van der Waals surface area contributed by atoms with Gasteiger partial charge >= 0.3 is 0 Å². The number of nitrogens with two attached hydrogens (primary N) is 1. The van der Waals surface area contributed by atoms with Crippen molar-refractivity contribution >= 4 is 0 Å². The van der Waals surface area contributed by atoms with Gasteiger partial charge in [-0.2, -0.15) is 0 Å². The normalized spacial score (nSPS) is 39.8. The molecule has 2 aliphatic rings. The van der Waals surface area contributed by atoms with E-state index >= 15 is 0 Å². The molecule has 2 heteroatoms. The zero-order valence-corrected chi connectivity index (χ0v) is 10.3. The first-order chi connectivity index (χ1) is 7.13. The number of rotatable bonds is 3. The summed E-state index contributed by atoms with van der Waals surface area (Å²) in [6.45, 7) is 5.63. The Morgan fingerprint density at radius 2 is 1.93 bits per heavy atom. The van der Waals surface area contributed by atoms with Crippen molar-refractivity contribution in [2.24, 2.45) is 17.1 Å². The highest BCUT2D eigenvalue weighted by Crippen LogP contribution is 2.41. The van der Waals surface area contributed by atoms with Crippen molar-refractivity contribution in [3.8, 4) is 0 Å². The lowest BCUT2D eigenvalue weighted by molar-refractivity contribution is 0.0801. The Morgan fingerprint density at radius 1 is 1.20 bits per heavy atom. The summed E-state index contributed by atoms with van der Waals surface area (Å²) >= 11 is 0. The lowest BCUT2D eigenvalue weighted by Gasteiger charge is -2.48. The van der Waals surface area contributed by atoms with Crippen LogP contribution >= 0.6 is 0 Å². The van der Waals surface area contributed by atoms with Crippen molar-refractivity contribution in [3.63, 3.8) is 0 Å². The third-order valence-electron chi connectivity index (χ3n) is 4.65. The van der Waals surface area contributed by atoms with E-state index in [1.54, 1.807) is 0 Å². The minimum Gasteiger partial charge on any atom is -0.330 e. The fourth-order valence-corrected chi connectivity index (χ4v) is 3.14. The highest BCUT2D eigenvalue weighted by atomic mass is 15.0. The molecule has 3 N–H and O–H groups in total.